The van der Waals surface area contributed by atoms with E-state index >= 15 is 0 Å². The summed E-state index contributed by atoms with van der Waals surface area (Å²) in [5, 5.41) is 12.0. The molecule has 0 bridgehead atoms. The number of rotatable bonds is 6. The summed E-state index contributed by atoms with van der Waals surface area (Å²) in [6, 6.07) is 13.5. The van der Waals surface area contributed by atoms with E-state index in [9.17, 15) is 23.1 Å². The van der Waals surface area contributed by atoms with Crippen LogP contribution in [0, 0.1) is 13.8 Å². The van der Waals surface area contributed by atoms with E-state index in [4.69, 9.17) is 9.47 Å². The molecule has 0 spiro atoms. The summed E-state index contributed by atoms with van der Waals surface area (Å²) in [5.74, 6) is -0.723. The summed E-state index contributed by atoms with van der Waals surface area (Å²) < 4.78 is 39.3. The Bertz CT molecular complexity index is 1380. The van der Waals surface area contributed by atoms with Crippen molar-refractivity contribution in [1.82, 2.24) is 0 Å². The molecule has 0 aliphatic carbocycles. The van der Waals surface area contributed by atoms with Crippen molar-refractivity contribution in [3.8, 4) is 11.5 Å². The third kappa shape index (κ3) is 4.46. The lowest BCUT2D eigenvalue weighted by molar-refractivity contribution is 0.0696. The van der Waals surface area contributed by atoms with Gasteiger partial charge in [0, 0.05) is 11.8 Å². The highest BCUT2D eigenvalue weighted by atomic mass is 32.2. The van der Waals surface area contributed by atoms with Gasteiger partial charge in [-0.2, -0.15) is 0 Å². The molecule has 3 aromatic carbocycles. The van der Waals surface area contributed by atoms with Gasteiger partial charge in [0.15, 0.2) is 11.5 Å². The zero-order valence-electron chi connectivity index (χ0n) is 17.7. The van der Waals surface area contributed by atoms with Crippen LogP contribution in [0.3, 0.4) is 0 Å². The van der Waals surface area contributed by atoms with Crippen LogP contribution in [0.15, 0.2) is 59.5 Å². The van der Waals surface area contributed by atoms with Crippen LogP contribution in [0.4, 0.5) is 11.4 Å². The smallest absolute Gasteiger partial charge is 0.335 e. The number of aromatic carboxylic acids is 1. The number of carbonyl (C=O) groups is 2. The number of para-hydroxylation sites is 1. The molecule has 1 aliphatic rings. The summed E-state index contributed by atoms with van der Waals surface area (Å²) in [6.07, 6.45) is 0. The van der Waals surface area contributed by atoms with Gasteiger partial charge in [0.25, 0.3) is 15.9 Å². The van der Waals surface area contributed by atoms with Gasteiger partial charge in [0.1, 0.15) is 0 Å². The first-order valence-electron chi connectivity index (χ1n) is 9.83. The Morgan fingerprint density at radius 2 is 1.70 bits per heavy atom. The maximum atomic E-state index is 13.1. The van der Waals surface area contributed by atoms with Crippen molar-refractivity contribution in [2.45, 2.75) is 18.7 Å². The van der Waals surface area contributed by atoms with E-state index in [2.05, 4.69) is 10.0 Å². The predicted octanol–water partition coefficient (Wildman–Crippen LogP) is 3.78. The van der Waals surface area contributed by atoms with Gasteiger partial charge in [0.2, 0.25) is 6.79 Å². The zero-order valence-corrected chi connectivity index (χ0v) is 18.5. The molecule has 33 heavy (non-hydrogen) atoms. The number of carboxylic acid groups (broad SMARTS) is 1. The minimum atomic E-state index is -4.19. The Morgan fingerprint density at radius 1 is 0.970 bits per heavy atom. The Hall–Kier alpha value is -4.05. The van der Waals surface area contributed by atoms with Crippen molar-refractivity contribution in [3.63, 3.8) is 0 Å². The molecule has 0 unspecified atom stereocenters. The molecule has 10 heteroatoms. The molecule has 1 aliphatic heterocycles. The SMILES string of the molecule is Cc1cc(C(=O)O)cc(S(=O)(=O)Nc2ccccc2C(=O)Nc2ccc3c(c2)OCO3)c1C. The summed E-state index contributed by atoms with van der Waals surface area (Å²) in [7, 11) is -4.19. The van der Waals surface area contributed by atoms with Gasteiger partial charge < -0.3 is 19.9 Å². The standard InChI is InChI=1S/C23H20N2O7S/c1-13-9-15(23(27)28)10-21(14(13)2)33(29,30)25-18-6-4-3-5-17(18)22(26)24-16-7-8-19-20(11-16)32-12-31-19/h3-11,25H,12H2,1-2H3,(H,24,26)(H,27,28). The molecule has 0 fully saturated rings. The Morgan fingerprint density at radius 3 is 2.45 bits per heavy atom. The second kappa shape index (κ2) is 8.47. The van der Waals surface area contributed by atoms with Crippen molar-refractivity contribution >= 4 is 33.3 Å². The Labute approximate surface area is 190 Å². The lowest BCUT2D eigenvalue weighted by atomic mass is 10.1. The predicted molar refractivity (Wildman–Crippen MR) is 121 cm³/mol. The molecule has 170 valence electrons. The molecular formula is C23H20N2O7S. The van der Waals surface area contributed by atoms with Gasteiger partial charge in [-0.25, -0.2) is 13.2 Å². The van der Waals surface area contributed by atoms with E-state index < -0.39 is 21.9 Å². The fourth-order valence-electron chi connectivity index (χ4n) is 3.37. The first-order chi connectivity index (χ1) is 15.7. The number of nitrogens with one attached hydrogen (secondary N) is 2. The average Bonchev–Trinajstić information content (AvgIpc) is 3.23. The highest BCUT2D eigenvalue weighted by Crippen LogP contribution is 2.34. The summed E-state index contributed by atoms with van der Waals surface area (Å²) >= 11 is 0. The van der Waals surface area contributed by atoms with E-state index in [1.165, 1.54) is 18.2 Å². The zero-order chi connectivity index (χ0) is 23.8. The number of carbonyl (C=O) groups excluding carboxylic acids is 1. The molecule has 4 rings (SSSR count). The fourth-order valence-corrected chi connectivity index (χ4v) is 4.80. The first-order valence-corrected chi connectivity index (χ1v) is 11.3. The lowest BCUT2D eigenvalue weighted by Gasteiger charge is -2.15. The van der Waals surface area contributed by atoms with Gasteiger partial charge >= 0.3 is 5.97 Å². The van der Waals surface area contributed by atoms with Gasteiger partial charge in [-0.1, -0.05) is 12.1 Å². The van der Waals surface area contributed by atoms with E-state index in [0.29, 0.717) is 28.3 Å². The number of sulfonamides is 1. The highest BCUT2D eigenvalue weighted by Gasteiger charge is 2.23. The number of hydrogen-bond acceptors (Lipinski definition) is 6. The summed E-state index contributed by atoms with van der Waals surface area (Å²) in [4.78, 5) is 24.2. The number of amides is 1. The van der Waals surface area contributed by atoms with Crippen LogP contribution >= 0.6 is 0 Å². The van der Waals surface area contributed by atoms with Crippen molar-refractivity contribution in [2.75, 3.05) is 16.8 Å². The molecule has 3 aromatic rings. The van der Waals surface area contributed by atoms with Gasteiger partial charge in [0.05, 0.1) is 21.7 Å². The minimum absolute atomic E-state index is 0.0496. The normalized spacial score (nSPS) is 12.3. The molecule has 3 N–H and O–H groups in total. The van der Waals surface area contributed by atoms with Crippen LogP contribution in [0.5, 0.6) is 11.5 Å². The maximum Gasteiger partial charge on any atom is 0.335 e. The van der Waals surface area contributed by atoms with Gasteiger partial charge in [-0.15, -0.1) is 0 Å². The summed E-state index contributed by atoms with van der Waals surface area (Å²) in [6.45, 7) is 3.32. The summed E-state index contributed by atoms with van der Waals surface area (Å²) in [5.41, 5.74) is 1.37. The Kier molecular flexibility index (Phi) is 5.69. The Balaban J connectivity index is 1.64. The van der Waals surface area contributed by atoms with Crippen LogP contribution in [0.2, 0.25) is 0 Å². The third-order valence-corrected chi connectivity index (χ3v) is 6.69. The second-order valence-corrected chi connectivity index (χ2v) is 9.05. The van der Waals surface area contributed by atoms with Crippen LogP contribution in [-0.2, 0) is 10.0 Å². The number of anilines is 2. The monoisotopic (exact) mass is 468 g/mol. The number of ether oxygens (including phenoxy) is 2. The third-order valence-electron chi connectivity index (χ3n) is 5.20. The van der Waals surface area contributed by atoms with Gasteiger partial charge in [-0.3, -0.25) is 9.52 Å². The largest absolute Gasteiger partial charge is 0.478 e. The molecule has 9 nitrogen and oxygen atoms in total. The molecule has 0 atom stereocenters. The van der Waals surface area contributed by atoms with Crippen LogP contribution < -0.4 is 19.5 Å². The molecule has 0 aromatic heterocycles. The van der Waals surface area contributed by atoms with Gasteiger partial charge in [-0.05, 0) is 61.4 Å². The second-order valence-electron chi connectivity index (χ2n) is 7.39. The number of aryl methyl sites for hydroxylation is 1. The average molecular weight is 468 g/mol. The van der Waals surface area contributed by atoms with Crippen LogP contribution in [-0.4, -0.2) is 32.2 Å². The molecule has 0 saturated heterocycles. The highest BCUT2D eigenvalue weighted by molar-refractivity contribution is 7.92. The molecule has 0 saturated carbocycles. The molecule has 0 radical (unpaired) electrons. The topological polar surface area (TPSA) is 131 Å². The van der Waals surface area contributed by atoms with Crippen molar-refractivity contribution in [2.24, 2.45) is 0 Å². The number of hydrogen-bond donors (Lipinski definition) is 3. The lowest BCUT2D eigenvalue weighted by Crippen LogP contribution is -2.20. The quantitative estimate of drug-likeness (QED) is 0.502. The fraction of sp³-hybridized carbons (Fsp3) is 0.130. The van der Waals surface area contributed by atoms with Crippen molar-refractivity contribution in [3.05, 3.63) is 76.9 Å². The van der Waals surface area contributed by atoms with E-state index in [0.717, 1.165) is 6.07 Å². The van der Waals surface area contributed by atoms with E-state index in [-0.39, 0.29) is 28.5 Å². The van der Waals surface area contributed by atoms with Crippen LogP contribution in [0.25, 0.3) is 0 Å². The molecule has 1 heterocycles. The number of fused-ring (bicyclic) bond motifs is 1. The maximum absolute atomic E-state index is 13.1. The minimum Gasteiger partial charge on any atom is -0.478 e. The van der Waals surface area contributed by atoms with E-state index in [1.54, 1.807) is 44.2 Å². The number of carboxylic acids is 1. The molecular weight excluding hydrogens is 448 g/mol. The van der Waals surface area contributed by atoms with E-state index in [1.807, 2.05) is 0 Å². The number of benzene rings is 3. The van der Waals surface area contributed by atoms with Crippen molar-refractivity contribution in [1.29, 1.82) is 0 Å². The molecule has 1 amide bonds. The van der Waals surface area contributed by atoms with Crippen molar-refractivity contribution < 1.29 is 32.6 Å². The first kappa shape index (κ1) is 22.2. The van der Waals surface area contributed by atoms with Crippen LogP contribution in [0.1, 0.15) is 31.8 Å².